The summed E-state index contributed by atoms with van der Waals surface area (Å²) in [4.78, 5) is 17.0. The van der Waals surface area contributed by atoms with Crippen molar-refractivity contribution in [3.8, 4) is 0 Å². The average molecular weight is 546 g/mol. The number of carbonyl (C=O) groups excluding carboxylic acids is 1. The number of aryl methyl sites for hydroxylation is 3. The summed E-state index contributed by atoms with van der Waals surface area (Å²) >= 11 is 0. The standard InChI is InChI=1S/C35H39N5O/c41-35(28-16-8-3-9-17-28)37-32(24-29-25-36-31-19-11-10-18-30(29)31)34-39-38-33(21-20-26-12-4-1-5-13-26)40(34)23-22-27-14-6-2-7-15-27/h1-2,4-7,10-15,18-19,25,28,32,36H,3,8-9,16-17,20-24H2,(H,37,41)/t32-/m1/s1. The average Bonchev–Trinajstić information content (AvgIpc) is 3.64. The van der Waals surface area contributed by atoms with Gasteiger partial charge in [-0.3, -0.25) is 4.79 Å². The number of rotatable bonds is 11. The predicted octanol–water partition coefficient (Wildman–Crippen LogP) is 6.77. The van der Waals surface area contributed by atoms with E-state index < -0.39 is 0 Å². The first-order valence-electron chi connectivity index (χ1n) is 15.1. The van der Waals surface area contributed by atoms with Crippen LogP contribution in [0.2, 0.25) is 0 Å². The molecule has 0 spiro atoms. The first-order chi connectivity index (χ1) is 20.2. The fourth-order valence-corrected chi connectivity index (χ4v) is 6.20. The van der Waals surface area contributed by atoms with E-state index in [0.29, 0.717) is 6.42 Å². The highest BCUT2D eigenvalue weighted by Crippen LogP contribution is 2.28. The molecule has 3 aromatic carbocycles. The Morgan fingerprint density at radius 3 is 2.27 bits per heavy atom. The van der Waals surface area contributed by atoms with E-state index in [-0.39, 0.29) is 17.9 Å². The molecule has 0 radical (unpaired) electrons. The lowest BCUT2D eigenvalue weighted by Gasteiger charge is -2.25. The van der Waals surface area contributed by atoms with Gasteiger partial charge in [0, 0.05) is 42.4 Å². The first-order valence-corrected chi connectivity index (χ1v) is 15.1. The molecule has 0 saturated heterocycles. The molecule has 1 amide bonds. The monoisotopic (exact) mass is 545 g/mol. The zero-order valence-electron chi connectivity index (χ0n) is 23.6. The molecule has 0 bridgehead atoms. The summed E-state index contributed by atoms with van der Waals surface area (Å²) in [6, 6.07) is 29.2. The maximum Gasteiger partial charge on any atom is 0.223 e. The van der Waals surface area contributed by atoms with Crippen LogP contribution in [-0.4, -0.2) is 25.7 Å². The molecule has 6 nitrogen and oxygen atoms in total. The second kappa shape index (κ2) is 13.0. The Morgan fingerprint density at radius 1 is 0.829 bits per heavy atom. The van der Waals surface area contributed by atoms with Crippen molar-refractivity contribution < 1.29 is 4.79 Å². The molecular weight excluding hydrogens is 506 g/mol. The number of carbonyl (C=O) groups is 1. The summed E-state index contributed by atoms with van der Waals surface area (Å²) in [6.45, 7) is 0.764. The van der Waals surface area contributed by atoms with Crippen LogP contribution in [0, 0.1) is 5.92 Å². The van der Waals surface area contributed by atoms with Gasteiger partial charge < -0.3 is 14.9 Å². The molecule has 2 heterocycles. The number of fused-ring (bicyclic) bond motifs is 1. The molecule has 1 atom stereocenters. The van der Waals surface area contributed by atoms with Crippen LogP contribution in [0.4, 0.5) is 0 Å². The number of amides is 1. The van der Waals surface area contributed by atoms with Gasteiger partial charge in [-0.15, -0.1) is 10.2 Å². The van der Waals surface area contributed by atoms with E-state index in [0.717, 1.165) is 68.7 Å². The summed E-state index contributed by atoms with van der Waals surface area (Å²) in [5.41, 5.74) is 4.85. The van der Waals surface area contributed by atoms with E-state index >= 15 is 0 Å². The maximum absolute atomic E-state index is 13.6. The number of nitrogens with zero attached hydrogens (tertiary/aromatic N) is 3. The quantitative estimate of drug-likeness (QED) is 0.192. The number of para-hydroxylation sites is 1. The van der Waals surface area contributed by atoms with E-state index in [4.69, 9.17) is 10.2 Å². The van der Waals surface area contributed by atoms with Crippen molar-refractivity contribution in [2.75, 3.05) is 0 Å². The van der Waals surface area contributed by atoms with Crippen molar-refractivity contribution in [1.82, 2.24) is 25.1 Å². The van der Waals surface area contributed by atoms with Gasteiger partial charge in [0.25, 0.3) is 0 Å². The smallest absolute Gasteiger partial charge is 0.223 e. The van der Waals surface area contributed by atoms with Gasteiger partial charge in [-0.05, 0) is 48.4 Å². The minimum atomic E-state index is -0.266. The van der Waals surface area contributed by atoms with Crippen LogP contribution in [0.3, 0.4) is 0 Å². The van der Waals surface area contributed by atoms with Crippen molar-refractivity contribution in [3.63, 3.8) is 0 Å². The minimum absolute atomic E-state index is 0.0764. The molecule has 6 rings (SSSR count). The fourth-order valence-electron chi connectivity index (χ4n) is 6.20. The second-order valence-corrected chi connectivity index (χ2v) is 11.3. The third-order valence-electron chi connectivity index (χ3n) is 8.51. The summed E-state index contributed by atoms with van der Waals surface area (Å²) < 4.78 is 2.27. The molecule has 0 aliphatic heterocycles. The Kier molecular flexibility index (Phi) is 8.55. The normalized spacial score (nSPS) is 14.7. The zero-order chi connectivity index (χ0) is 27.9. The number of H-pyrrole nitrogens is 1. The summed E-state index contributed by atoms with van der Waals surface area (Å²) in [5, 5.41) is 14.2. The van der Waals surface area contributed by atoms with Crippen LogP contribution < -0.4 is 5.32 Å². The molecule has 41 heavy (non-hydrogen) atoms. The molecule has 1 fully saturated rings. The van der Waals surface area contributed by atoms with Crippen molar-refractivity contribution in [2.24, 2.45) is 5.92 Å². The summed E-state index contributed by atoms with van der Waals surface area (Å²) in [7, 11) is 0. The Hall–Kier alpha value is -4.19. The van der Waals surface area contributed by atoms with Crippen molar-refractivity contribution in [3.05, 3.63) is 119 Å². The molecule has 1 saturated carbocycles. The molecule has 5 aromatic rings. The van der Waals surface area contributed by atoms with Crippen LogP contribution in [0.25, 0.3) is 10.9 Å². The van der Waals surface area contributed by atoms with Gasteiger partial charge in [0.2, 0.25) is 5.91 Å². The van der Waals surface area contributed by atoms with Crippen LogP contribution in [-0.2, 0) is 37.0 Å². The number of benzene rings is 3. The SMILES string of the molecule is O=C(N[C@H](Cc1c[nH]c2ccccc12)c1nnc(CCc2ccccc2)n1CCc1ccccc1)C1CCCCC1. The van der Waals surface area contributed by atoms with E-state index in [1.54, 1.807) is 0 Å². The van der Waals surface area contributed by atoms with Crippen molar-refractivity contribution in [2.45, 2.75) is 70.4 Å². The Morgan fingerprint density at radius 2 is 1.51 bits per heavy atom. The predicted molar refractivity (Wildman–Crippen MR) is 163 cm³/mol. The number of hydrogen-bond donors (Lipinski definition) is 2. The second-order valence-electron chi connectivity index (χ2n) is 11.3. The highest BCUT2D eigenvalue weighted by atomic mass is 16.2. The fraction of sp³-hybridized carbons (Fsp3) is 0.343. The number of hydrogen-bond acceptors (Lipinski definition) is 3. The molecule has 2 N–H and O–H groups in total. The third kappa shape index (κ3) is 6.59. The van der Waals surface area contributed by atoms with E-state index in [2.05, 4.69) is 93.9 Å². The van der Waals surface area contributed by atoms with Gasteiger partial charge in [-0.2, -0.15) is 0 Å². The summed E-state index contributed by atoms with van der Waals surface area (Å²) in [6.07, 6.45) is 10.7. The Labute approximate surface area is 242 Å². The maximum atomic E-state index is 13.6. The van der Waals surface area contributed by atoms with Crippen molar-refractivity contribution in [1.29, 1.82) is 0 Å². The number of aromatic nitrogens is 4. The first kappa shape index (κ1) is 27.0. The number of nitrogens with one attached hydrogen (secondary N) is 2. The third-order valence-corrected chi connectivity index (χ3v) is 8.51. The zero-order valence-corrected chi connectivity index (χ0v) is 23.6. The van der Waals surface area contributed by atoms with Gasteiger partial charge in [-0.1, -0.05) is 98.1 Å². The minimum Gasteiger partial charge on any atom is -0.361 e. The largest absolute Gasteiger partial charge is 0.361 e. The lowest BCUT2D eigenvalue weighted by molar-refractivity contribution is -0.126. The lowest BCUT2D eigenvalue weighted by atomic mass is 9.88. The molecule has 6 heteroatoms. The molecule has 2 aromatic heterocycles. The van der Waals surface area contributed by atoms with Gasteiger partial charge in [0.15, 0.2) is 5.82 Å². The molecular formula is C35H39N5O. The van der Waals surface area contributed by atoms with E-state index in [1.807, 2.05) is 12.1 Å². The van der Waals surface area contributed by atoms with E-state index in [1.165, 1.54) is 28.5 Å². The number of aromatic amines is 1. The van der Waals surface area contributed by atoms with Gasteiger partial charge in [-0.25, -0.2) is 0 Å². The lowest BCUT2D eigenvalue weighted by Crippen LogP contribution is -2.37. The molecule has 1 aliphatic carbocycles. The Bertz CT molecular complexity index is 1550. The molecule has 210 valence electrons. The summed E-state index contributed by atoms with van der Waals surface area (Å²) in [5.74, 6) is 2.04. The van der Waals surface area contributed by atoms with E-state index in [9.17, 15) is 4.79 Å². The van der Waals surface area contributed by atoms with Gasteiger partial charge in [0.1, 0.15) is 5.82 Å². The van der Waals surface area contributed by atoms with Crippen LogP contribution in [0.5, 0.6) is 0 Å². The highest BCUT2D eigenvalue weighted by Gasteiger charge is 2.28. The van der Waals surface area contributed by atoms with Crippen LogP contribution in [0.1, 0.15) is 66.5 Å². The molecule has 0 unspecified atom stereocenters. The highest BCUT2D eigenvalue weighted by molar-refractivity contribution is 5.83. The van der Waals surface area contributed by atoms with Gasteiger partial charge in [0.05, 0.1) is 6.04 Å². The van der Waals surface area contributed by atoms with Crippen LogP contribution >= 0.6 is 0 Å². The van der Waals surface area contributed by atoms with Gasteiger partial charge >= 0.3 is 0 Å². The topological polar surface area (TPSA) is 75.6 Å². The van der Waals surface area contributed by atoms with Crippen molar-refractivity contribution >= 4 is 16.8 Å². The Balaban J connectivity index is 1.33. The van der Waals surface area contributed by atoms with Crippen LogP contribution in [0.15, 0.2) is 91.1 Å². The molecule has 1 aliphatic rings.